The normalized spacial score (nSPS) is 14.7. The lowest BCUT2D eigenvalue weighted by atomic mass is 9.95. The highest BCUT2D eigenvalue weighted by Gasteiger charge is 2.29. The Labute approximate surface area is 157 Å². The number of benzene rings is 2. The first-order valence-corrected chi connectivity index (χ1v) is 9.19. The van der Waals surface area contributed by atoms with Crippen molar-refractivity contribution in [2.24, 2.45) is 11.1 Å². The summed E-state index contributed by atoms with van der Waals surface area (Å²) in [7, 11) is 0. The van der Waals surface area contributed by atoms with Gasteiger partial charge in [-0.3, -0.25) is 4.79 Å². The third-order valence-corrected chi connectivity index (χ3v) is 5.13. The molecule has 136 valence electrons. The van der Waals surface area contributed by atoms with Crippen LogP contribution in [0, 0.1) is 17.7 Å². The minimum absolute atomic E-state index is 0.0591. The number of carbonyl (C=O) groups is 1. The van der Waals surface area contributed by atoms with E-state index < -0.39 is 0 Å². The minimum Gasteiger partial charge on any atom is -0.310 e. The molecule has 1 saturated carbocycles. The summed E-state index contributed by atoms with van der Waals surface area (Å²) in [6, 6.07) is 13.7. The molecule has 1 atom stereocenters. The fourth-order valence-electron chi connectivity index (χ4n) is 3.22. The molecule has 1 aliphatic carbocycles. The average molecular weight is 359 g/mol. The summed E-state index contributed by atoms with van der Waals surface area (Å²) in [5.74, 6) is 0.809. The summed E-state index contributed by atoms with van der Waals surface area (Å²) in [5.41, 5.74) is 4.19. The van der Waals surface area contributed by atoms with E-state index in [0.29, 0.717) is 5.82 Å². The van der Waals surface area contributed by atoms with Crippen LogP contribution in [0.4, 0.5) is 5.82 Å². The first-order valence-electron chi connectivity index (χ1n) is 9.19. The summed E-state index contributed by atoms with van der Waals surface area (Å²) in [6.07, 6.45) is 3.73. The van der Waals surface area contributed by atoms with E-state index in [9.17, 15) is 9.70 Å². The van der Waals surface area contributed by atoms with Crippen molar-refractivity contribution in [3.63, 3.8) is 0 Å². The van der Waals surface area contributed by atoms with Gasteiger partial charge in [0.1, 0.15) is 11.9 Å². The maximum Gasteiger partial charge on any atom is 0.228 e. The van der Waals surface area contributed by atoms with Gasteiger partial charge in [0.2, 0.25) is 5.91 Å². The highest BCUT2D eigenvalue weighted by Crippen LogP contribution is 2.32. The molecular formula is C22H21N3O2. The van der Waals surface area contributed by atoms with Gasteiger partial charge in [0.05, 0.1) is 0 Å². The Morgan fingerprint density at radius 1 is 1.15 bits per heavy atom. The number of nitroso groups, excluding NO2 is 1. The molecule has 1 fully saturated rings. The number of pyridine rings is 1. The lowest BCUT2D eigenvalue weighted by Crippen LogP contribution is -2.14. The van der Waals surface area contributed by atoms with E-state index in [0.717, 1.165) is 45.9 Å². The van der Waals surface area contributed by atoms with E-state index in [2.05, 4.69) is 34.5 Å². The molecule has 0 spiro atoms. The Morgan fingerprint density at radius 3 is 2.70 bits per heavy atom. The van der Waals surface area contributed by atoms with Crippen molar-refractivity contribution in [1.29, 1.82) is 0 Å². The van der Waals surface area contributed by atoms with Gasteiger partial charge in [-0.25, -0.2) is 4.98 Å². The quantitative estimate of drug-likeness (QED) is 0.621. The molecule has 1 heterocycles. The predicted octanol–water partition coefficient (Wildman–Crippen LogP) is 5.39. The van der Waals surface area contributed by atoms with E-state index in [4.69, 9.17) is 0 Å². The smallest absolute Gasteiger partial charge is 0.228 e. The number of anilines is 1. The molecule has 0 saturated heterocycles. The van der Waals surface area contributed by atoms with E-state index in [1.165, 1.54) is 0 Å². The SMILES string of the molecule is Cc1ccc(C(C)N=O)cc1-c1ccc2cc(NC(=O)C3CC3)ncc2c1. The second-order valence-corrected chi connectivity index (χ2v) is 7.25. The van der Waals surface area contributed by atoms with E-state index in [1.807, 2.05) is 30.3 Å². The number of carbonyl (C=O) groups excluding carboxylic acids is 1. The Kier molecular flexibility index (Phi) is 4.44. The van der Waals surface area contributed by atoms with E-state index >= 15 is 0 Å². The molecule has 2 aromatic carbocycles. The van der Waals surface area contributed by atoms with E-state index in [1.54, 1.807) is 13.1 Å². The monoisotopic (exact) mass is 359 g/mol. The van der Waals surface area contributed by atoms with Gasteiger partial charge < -0.3 is 5.32 Å². The van der Waals surface area contributed by atoms with Crippen LogP contribution >= 0.6 is 0 Å². The van der Waals surface area contributed by atoms with E-state index in [-0.39, 0.29) is 17.9 Å². The first-order chi connectivity index (χ1) is 13.0. The number of fused-ring (bicyclic) bond motifs is 1. The van der Waals surface area contributed by atoms with Crippen LogP contribution in [0.2, 0.25) is 0 Å². The Balaban J connectivity index is 1.67. The number of nitrogens with one attached hydrogen (secondary N) is 1. The van der Waals surface area contributed by atoms with Gasteiger partial charge in [0, 0.05) is 17.5 Å². The molecular weight excluding hydrogens is 338 g/mol. The van der Waals surface area contributed by atoms with Crippen LogP contribution in [0.1, 0.15) is 36.9 Å². The number of nitrogens with zero attached hydrogens (tertiary/aromatic N) is 2. The Morgan fingerprint density at radius 2 is 1.96 bits per heavy atom. The molecule has 1 amide bonds. The molecule has 3 aromatic rings. The molecule has 5 heteroatoms. The molecule has 5 nitrogen and oxygen atoms in total. The van der Waals surface area contributed by atoms with Crippen molar-refractivity contribution in [3.8, 4) is 11.1 Å². The zero-order chi connectivity index (χ0) is 19.0. The third kappa shape index (κ3) is 3.58. The van der Waals surface area contributed by atoms with Gasteiger partial charge in [-0.1, -0.05) is 29.4 Å². The summed E-state index contributed by atoms with van der Waals surface area (Å²) in [6.45, 7) is 3.85. The van der Waals surface area contributed by atoms with Gasteiger partial charge in [-0.05, 0) is 72.5 Å². The summed E-state index contributed by atoms with van der Waals surface area (Å²) >= 11 is 0. The van der Waals surface area contributed by atoms with Crippen LogP contribution in [0.15, 0.2) is 53.8 Å². The van der Waals surface area contributed by atoms with Crippen LogP contribution in [-0.2, 0) is 4.79 Å². The summed E-state index contributed by atoms with van der Waals surface area (Å²) < 4.78 is 0. The molecule has 4 rings (SSSR count). The zero-order valence-corrected chi connectivity index (χ0v) is 15.4. The van der Waals surface area contributed by atoms with Crippen molar-refractivity contribution < 1.29 is 4.79 Å². The van der Waals surface area contributed by atoms with Crippen LogP contribution in [-0.4, -0.2) is 10.9 Å². The fourth-order valence-corrected chi connectivity index (χ4v) is 3.22. The Hall–Kier alpha value is -3.08. The number of aromatic nitrogens is 1. The average Bonchev–Trinajstić information content (AvgIpc) is 3.53. The van der Waals surface area contributed by atoms with Gasteiger partial charge in [-0.15, -0.1) is 0 Å². The maximum absolute atomic E-state index is 11.9. The topological polar surface area (TPSA) is 71.4 Å². The fraction of sp³-hybridized carbons (Fsp3) is 0.273. The predicted molar refractivity (Wildman–Crippen MR) is 107 cm³/mol. The molecule has 1 aliphatic rings. The summed E-state index contributed by atoms with van der Waals surface area (Å²) in [4.78, 5) is 27.2. The lowest BCUT2D eigenvalue weighted by Gasteiger charge is -2.12. The number of hydrogen-bond donors (Lipinski definition) is 1. The lowest BCUT2D eigenvalue weighted by molar-refractivity contribution is -0.117. The van der Waals surface area contributed by atoms with Crippen LogP contribution < -0.4 is 5.32 Å². The summed E-state index contributed by atoms with van der Waals surface area (Å²) in [5, 5.41) is 8.04. The largest absolute Gasteiger partial charge is 0.310 e. The van der Waals surface area contributed by atoms with Crippen molar-refractivity contribution in [3.05, 3.63) is 64.7 Å². The van der Waals surface area contributed by atoms with Gasteiger partial charge in [0.25, 0.3) is 0 Å². The van der Waals surface area contributed by atoms with Crippen molar-refractivity contribution in [1.82, 2.24) is 4.98 Å². The van der Waals surface area contributed by atoms with Crippen molar-refractivity contribution in [2.45, 2.75) is 32.7 Å². The van der Waals surface area contributed by atoms with Gasteiger partial charge in [0.15, 0.2) is 0 Å². The molecule has 1 aromatic heterocycles. The van der Waals surface area contributed by atoms with Gasteiger partial charge in [-0.2, -0.15) is 4.91 Å². The Bertz CT molecular complexity index is 1040. The zero-order valence-electron chi connectivity index (χ0n) is 15.4. The molecule has 27 heavy (non-hydrogen) atoms. The second kappa shape index (κ2) is 6.91. The molecule has 0 bridgehead atoms. The van der Waals surface area contributed by atoms with Crippen LogP contribution in [0.5, 0.6) is 0 Å². The van der Waals surface area contributed by atoms with Gasteiger partial charge >= 0.3 is 0 Å². The maximum atomic E-state index is 11.9. The molecule has 1 unspecified atom stereocenters. The number of hydrogen-bond acceptors (Lipinski definition) is 4. The standard InChI is InChI=1S/C22H21N3O2/c1-13-3-4-16(14(2)25-27)10-20(13)18-8-7-17-11-21(23-12-19(17)9-18)24-22(26)15-5-6-15/h3-4,7-12,14-15H,5-6H2,1-2H3,(H,23,24,26). The molecule has 1 N–H and O–H groups in total. The van der Waals surface area contributed by atoms with Crippen LogP contribution in [0.3, 0.4) is 0 Å². The minimum atomic E-state index is -0.371. The highest BCUT2D eigenvalue weighted by molar-refractivity contribution is 5.96. The molecule has 0 radical (unpaired) electrons. The number of rotatable bonds is 5. The van der Waals surface area contributed by atoms with Crippen LogP contribution in [0.25, 0.3) is 21.9 Å². The number of aryl methyl sites for hydroxylation is 1. The third-order valence-electron chi connectivity index (χ3n) is 5.13. The van der Waals surface area contributed by atoms with Crippen molar-refractivity contribution >= 4 is 22.5 Å². The first kappa shape index (κ1) is 17.3. The highest BCUT2D eigenvalue weighted by atomic mass is 16.3. The molecule has 0 aliphatic heterocycles. The number of amides is 1. The van der Waals surface area contributed by atoms with Crippen molar-refractivity contribution in [2.75, 3.05) is 5.32 Å². The second-order valence-electron chi connectivity index (χ2n) is 7.25.